The molecule has 0 aromatic rings. The van der Waals surface area contributed by atoms with E-state index >= 15 is 0 Å². The summed E-state index contributed by atoms with van der Waals surface area (Å²) in [6.07, 6.45) is -38.3. The third-order valence-corrected chi connectivity index (χ3v) is 4.43. The molecule has 1 amide bonds. The minimum absolute atomic E-state index is 0.260. The predicted octanol–water partition coefficient (Wildman–Crippen LogP) is 4.63. The number of nitrogens with zero attached hydrogens (tertiary/aromatic N) is 2. The van der Waals surface area contributed by atoms with E-state index in [1.54, 1.807) is 0 Å². The lowest BCUT2D eigenvalue weighted by Gasteiger charge is -2.41. The maximum atomic E-state index is 14.5. The summed E-state index contributed by atoms with van der Waals surface area (Å²) in [7, 11) is 1.29. The second-order valence-corrected chi connectivity index (χ2v) is 7.09. The number of rotatable bonds is 7. The van der Waals surface area contributed by atoms with Gasteiger partial charge in [0.1, 0.15) is 0 Å². The minimum atomic E-state index is -8.01. The van der Waals surface area contributed by atoms with Crippen molar-refractivity contribution in [2.75, 3.05) is 33.2 Å². The van der Waals surface area contributed by atoms with Crippen molar-refractivity contribution in [1.29, 1.82) is 0 Å². The van der Waals surface area contributed by atoms with Crippen molar-refractivity contribution in [3.63, 3.8) is 0 Å². The van der Waals surface area contributed by atoms with Crippen LogP contribution in [-0.2, 0) is 14.3 Å². The number of alkyl halides is 17. The van der Waals surface area contributed by atoms with Crippen LogP contribution in [0.2, 0.25) is 0 Å². The fourth-order valence-electron chi connectivity index (χ4n) is 2.37. The molecular formula is C14H11F17N2O3. The Labute approximate surface area is 187 Å². The summed E-state index contributed by atoms with van der Waals surface area (Å²) in [4.78, 5) is 12.9. The predicted molar refractivity (Wildman–Crippen MR) is 76.9 cm³/mol. The summed E-state index contributed by atoms with van der Waals surface area (Å²) in [6.45, 7) is -2.60. The van der Waals surface area contributed by atoms with Crippen LogP contribution in [-0.4, -0.2) is 97.3 Å². The first kappa shape index (κ1) is 32.2. The smallest absolute Gasteiger partial charge is 0.335 e. The monoisotopic (exact) mass is 578 g/mol. The summed E-state index contributed by atoms with van der Waals surface area (Å²) in [5.74, 6) is -25.8. The van der Waals surface area contributed by atoms with Crippen molar-refractivity contribution in [3.05, 3.63) is 0 Å². The van der Waals surface area contributed by atoms with Crippen LogP contribution in [0.3, 0.4) is 0 Å². The fourth-order valence-corrected chi connectivity index (χ4v) is 2.37. The van der Waals surface area contributed by atoms with Gasteiger partial charge in [0.25, 0.3) is 5.91 Å². The molecule has 0 aliphatic carbocycles. The average molecular weight is 578 g/mol. The van der Waals surface area contributed by atoms with Crippen LogP contribution >= 0.6 is 0 Å². The van der Waals surface area contributed by atoms with Gasteiger partial charge in [-0.25, -0.2) is 0 Å². The molecule has 0 N–H and O–H groups in total. The van der Waals surface area contributed by atoms with E-state index in [0.717, 1.165) is 0 Å². The molecule has 1 rings (SSSR count). The van der Waals surface area contributed by atoms with Gasteiger partial charge in [0.05, 0.1) is 0 Å². The number of piperazine rings is 1. The zero-order valence-electron chi connectivity index (χ0n) is 16.9. The molecule has 2 atom stereocenters. The SMILES string of the molecule is CN1CCN(C(=O)C(F)(OC(F)(F)C(F)(OC(F)(F)C(F)(F)C(F)(F)F)C(F)(F)F)C(F)(F)F)CC1. The van der Waals surface area contributed by atoms with E-state index in [1.165, 1.54) is 16.7 Å². The summed E-state index contributed by atoms with van der Waals surface area (Å²) >= 11 is 0. The van der Waals surface area contributed by atoms with Crippen molar-refractivity contribution in [2.24, 2.45) is 0 Å². The summed E-state index contributed by atoms with van der Waals surface area (Å²) in [5, 5.41) is 0. The van der Waals surface area contributed by atoms with Crippen LogP contribution < -0.4 is 0 Å². The lowest BCUT2D eigenvalue weighted by atomic mass is 10.2. The minimum Gasteiger partial charge on any atom is -0.335 e. The van der Waals surface area contributed by atoms with Crippen molar-refractivity contribution in [1.82, 2.24) is 9.80 Å². The zero-order valence-corrected chi connectivity index (χ0v) is 16.9. The van der Waals surface area contributed by atoms with Gasteiger partial charge >= 0.3 is 48.4 Å². The summed E-state index contributed by atoms with van der Waals surface area (Å²) in [5.41, 5.74) is 0. The first-order valence-corrected chi connectivity index (χ1v) is 8.67. The van der Waals surface area contributed by atoms with Crippen LogP contribution in [0.25, 0.3) is 0 Å². The van der Waals surface area contributed by atoms with E-state index in [9.17, 15) is 79.4 Å². The molecule has 2 unspecified atom stereocenters. The largest absolute Gasteiger partial charge is 0.462 e. The molecular weight excluding hydrogens is 567 g/mol. The van der Waals surface area contributed by atoms with Crippen LogP contribution in [0.4, 0.5) is 74.6 Å². The van der Waals surface area contributed by atoms with E-state index in [-0.39, 0.29) is 18.0 Å². The molecule has 1 heterocycles. The van der Waals surface area contributed by atoms with E-state index in [0.29, 0.717) is 0 Å². The molecule has 0 bridgehead atoms. The Balaban J connectivity index is 3.59. The number of ether oxygens (including phenoxy) is 2. The Morgan fingerprint density at radius 3 is 1.33 bits per heavy atom. The van der Waals surface area contributed by atoms with Gasteiger partial charge in [-0.15, -0.1) is 0 Å². The van der Waals surface area contributed by atoms with Crippen LogP contribution in [0.15, 0.2) is 0 Å². The topological polar surface area (TPSA) is 42.0 Å². The number of carbonyl (C=O) groups is 1. The number of amides is 1. The van der Waals surface area contributed by atoms with Crippen molar-refractivity contribution in [3.8, 4) is 0 Å². The first-order chi connectivity index (χ1) is 15.6. The highest BCUT2D eigenvalue weighted by atomic mass is 19.4. The number of hydrogen-bond donors (Lipinski definition) is 0. The van der Waals surface area contributed by atoms with Crippen LogP contribution in [0.1, 0.15) is 0 Å². The molecule has 22 heteroatoms. The molecule has 0 spiro atoms. The highest BCUT2D eigenvalue weighted by Gasteiger charge is 2.85. The third-order valence-electron chi connectivity index (χ3n) is 4.43. The Kier molecular flexibility index (Phi) is 8.20. The normalized spacial score (nSPS) is 21.2. The molecule has 36 heavy (non-hydrogen) atoms. The molecule has 0 saturated carbocycles. The van der Waals surface area contributed by atoms with Gasteiger partial charge in [0.2, 0.25) is 0 Å². The standard InChI is InChI=1S/C14H11F17N2O3/c1-32-2-4-33(5-3-32)6(34)7(15,10(19,20)21)35-14(30,31)9(18,12(25,26)27)36-13(28,29)8(16,17)11(22,23)24/h2-5H2,1H3. The molecule has 1 saturated heterocycles. The van der Waals surface area contributed by atoms with Gasteiger partial charge in [-0.1, -0.05) is 0 Å². The Hall–Kier alpha value is -1.84. The summed E-state index contributed by atoms with van der Waals surface area (Å²) < 4.78 is 226. The Morgan fingerprint density at radius 2 is 1.00 bits per heavy atom. The van der Waals surface area contributed by atoms with Gasteiger partial charge in [-0.3, -0.25) is 14.3 Å². The second-order valence-electron chi connectivity index (χ2n) is 7.09. The molecule has 1 fully saturated rings. The zero-order chi connectivity index (χ0) is 29.0. The maximum absolute atomic E-state index is 14.5. The molecule has 0 aromatic carbocycles. The molecule has 1 aliphatic rings. The highest BCUT2D eigenvalue weighted by molar-refractivity contribution is 5.84. The van der Waals surface area contributed by atoms with Gasteiger partial charge in [0.15, 0.2) is 0 Å². The quantitative estimate of drug-likeness (QED) is 0.414. The molecule has 0 aromatic heterocycles. The lowest BCUT2D eigenvalue weighted by molar-refractivity contribution is -0.548. The Bertz CT molecular complexity index is 802. The van der Waals surface area contributed by atoms with Crippen LogP contribution in [0.5, 0.6) is 0 Å². The van der Waals surface area contributed by atoms with Gasteiger partial charge in [0, 0.05) is 26.2 Å². The maximum Gasteiger partial charge on any atom is 0.462 e. The van der Waals surface area contributed by atoms with Gasteiger partial charge in [-0.2, -0.15) is 74.6 Å². The van der Waals surface area contributed by atoms with E-state index < -0.39 is 67.4 Å². The van der Waals surface area contributed by atoms with Crippen molar-refractivity contribution in [2.45, 2.75) is 48.4 Å². The first-order valence-electron chi connectivity index (χ1n) is 8.67. The second kappa shape index (κ2) is 9.17. The van der Waals surface area contributed by atoms with E-state index in [2.05, 4.69) is 4.74 Å². The average Bonchev–Trinajstić information content (AvgIpc) is 2.64. The fraction of sp³-hybridized carbons (Fsp3) is 0.929. The van der Waals surface area contributed by atoms with E-state index in [1.807, 2.05) is 0 Å². The van der Waals surface area contributed by atoms with Gasteiger partial charge < -0.3 is 9.80 Å². The molecule has 5 nitrogen and oxygen atoms in total. The van der Waals surface area contributed by atoms with Crippen molar-refractivity contribution >= 4 is 5.91 Å². The molecule has 0 radical (unpaired) electrons. The van der Waals surface area contributed by atoms with Crippen molar-refractivity contribution < 1.29 is 88.9 Å². The lowest BCUT2D eigenvalue weighted by Crippen LogP contribution is -2.69. The van der Waals surface area contributed by atoms with E-state index in [4.69, 9.17) is 0 Å². The number of likely N-dealkylation sites (N-methyl/N-ethyl adjacent to an activating group) is 1. The molecule has 214 valence electrons. The number of carbonyl (C=O) groups excluding carboxylic acids is 1. The van der Waals surface area contributed by atoms with Crippen LogP contribution in [0, 0.1) is 0 Å². The third kappa shape index (κ3) is 5.53. The summed E-state index contributed by atoms with van der Waals surface area (Å²) in [6, 6.07) is 0. The Morgan fingerprint density at radius 1 is 0.583 bits per heavy atom. The molecule has 1 aliphatic heterocycles. The number of hydrogen-bond acceptors (Lipinski definition) is 4. The van der Waals surface area contributed by atoms with Gasteiger partial charge in [-0.05, 0) is 7.05 Å². The highest BCUT2D eigenvalue weighted by Crippen LogP contribution is 2.56. The number of halogens is 17.